The summed E-state index contributed by atoms with van der Waals surface area (Å²) in [5.74, 6) is 1.64. The van der Waals surface area contributed by atoms with Crippen LogP contribution in [-0.4, -0.2) is 33.3 Å². The molecular formula is C16H24ClO2S2Se. The van der Waals surface area contributed by atoms with Gasteiger partial charge in [0.15, 0.2) is 0 Å². The van der Waals surface area contributed by atoms with Crippen molar-refractivity contribution in [3.8, 4) is 11.5 Å². The van der Waals surface area contributed by atoms with Crippen molar-refractivity contribution in [2.75, 3.05) is 11.2 Å². The van der Waals surface area contributed by atoms with Crippen molar-refractivity contribution < 1.29 is 9.47 Å². The second-order valence-electron chi connectivity index (χ2n) is 5.09. The van der Waals surface area contributed by atoms with E-state index in [1.165, 1.54) is 32.1 Å². The van der Waals surface area contributed by atoms with Crippen molar-refractivity contribution >= 4 is 57.3 Å². The first-order valence-corrected chi connectivity index (χ1v) is 10.2. The zero-order valence-electron chi connectivity index (χ0n) is 12.7. The van der Waals surface area contributed by atoms with Crippen LogP contribution >= 0.6 is 36.9 Å². The van der Waals surface area contributed by atoms with Gasteiger partial charge >= 0.3 is 128 Å². The van der Waals surface area contributed by atoms with Gasteiger partial charge in [-0.1, -0.05) is 0 Å². The molecule has 22 heavy (non-hydrogen) atoms. The number of halogens is 1. The number of thiol groups is 2. The van der Waals surface area contributed by atoms with E-state index < -0.39 is 0 Å². The number of hydrogen-bond acceptors (Lipinski definition) is 4. The first kappa shape index (κ1) is 20.4. The topological polar surface area (TPSA) is 18.5 Å². The molecule has 0 aliphatic heterocycles. The maximum atomic E-state index is 6.10. The van der Waals surface area contributed by atoms with Crippen molar-refractivity contribution in [2.24, 2.45) is 0 Å². The fraction of sp³-hybridized carbons (Fsp3) is 0.625. The zero-order valence-corrected chi connectivity index (χ0v) is 16.9. The molecule has 1 fully saturated rings. The smallest absolute Gasteiger partial charge is 0.0331 e. The van der Waals surface area contributed by atoms with Crippen LogP contribution in [0.2, 0.25) is 0 Å². The van der Waals surface area contributed by atoms with E-state index in [-0.39, 0.29) is 6.07 Å². The van der Waals surface area contributed by atoms with Crippen molar-refractivity contribution in [1.29, 1.82) is 0 Å². The first-order valence-electron chi connectivity index (χ1n) is 7.59. The van der Waals surface area contributed by atoms with Gasteiger partial charge in [-0.25, -0.2) is 0 Å². The summed E-state index contributed by atoms with van der Waals surface area (Å²) in [6.07, 6.45) is 9.26. The zero-order chi connectivity index (χ0) is 16.2. The maximum Gasteiger partial charge on any atom is 0.0331 e. The third-order valence-electron chi connectivity index (χ3n) is 3.48. The van der Waals surface area contributed by atoms with Gasteiger partial charge in [0, 0.05) is 5.08 Å². The molecule has 2 nitrogen and oxygen atoms in total. The molecule has 0 bridgehead atoms. The molecule has 1 aliphatic carbocycles. The van der Waals surface area contributed by atoms with Crippen LogP contribution in [0.3, 0.4) is 0 Å². The van der Waals surface area contributed by atoms with Crippen LogP contribution in [0, 0.1) is 0 Å². The minimum absolute atomic E-state index is 0.154. The molecule has 1 aromatic rings. The number of rotatable bonds is 4. The molecular weight excluding hydrogens is 403 g/mol. The van der Waals surface area contributed by atoms with Gasteiger partial charge in [-0.15, -0.1) is 0 Å². The van der Waals surface area contributed by atoms with E-state index in [1.807, 2.05) is 18.2 Å². The van der Waals surface area contributed by atoms with Gasteiger partial charge in [0.25, 0.3) is 0 Å². The molecule has 0 heterocycles. The molecule has 0 aromatic heterocycles. The average molecular weight is 427 g/mol. The summed E-state index contributed by atoms with van der Waals surface area (Å²) < 4.78 is 12.4. The van der Waals surface area contributed by atoms with Crippen molar-refractivity contribution in [1.82, 2.24) is 0 Å². The van der Waals surface area contributed by atoms with E-state index in [9.17, 15) is 0 Å². The Bertz CT molecular complexity index is 413. The van der Waals surface area contributed by atoms with Crippen LogP contribution in [0.25, 0.3) is 0 Å². The number of hydrogen-bond donors (Lipinski definition) is 2. The molecule has 1 saturated carbocycles. The summed E-state index contributed by atoms with van der Waals surface area (Å²) in [4.78, 5) is 0. The second kappa shape index (κ2) is 12.7. The molecule has 0 spiro atoms. The van der Waals surface area contributed by atoms with Crippen LogP contribution in [0.1, 0.15) is 44.9 Å². The summed E-state index contributed by atoms with van der Waals surface area (Å²) in [5.41, 5.74) is 0. The summed E-state index contributed by atoms with van der Waals surface area (Å²) in [5, 5.41) is 0.639. The van der Waals surface area contributed by atoms with Gasteiger partial charge in [0.05, 0.1) is 0 Å². The molecule has 125 valence electrons. The number of ether oxygens (including phenoxy) is 2. The number of benzene rings is 1. The fourth-order valence-corrected chi connectivity index (χ4v) is 2.97. The van der Waals surface area contributed by atoms with E-state index in [0.29, 0.717) is 11.2 Å². The van der Waals surface area contributed by atoms with Crippen molar-refractivity contribution in [2.45, 2.75) is 51.0 Å². The largest absolute Gasteiger partial charge is 0.169 e. The Kier molecular flexibility index (Phi) is 11.8. The minimum Gasteiger partial charge on any atom is -0.169 e. The van der Waals surface area contributed by atoms with E-state index >= 15 is 0 Å². The molecule has 2 rings (SSSR count). The average Bonchev–Trinajstić information content (AvgIpc) is 2.46. The summed E-state index contributed by atoms with van der Waals surface area (Å²) in [6, 6.07) is 6.04. The van der Waals surface area contributed by atoms with Gasteiger partial charge in [0.2, 0.25) is 0 Å². The van der Waals surface area contributed by atoms with Crippen molar-refractivity contribution in [3.63, 3.8) is 0 Å². The fourth-order valence-electron chi connectivity index (χ4n) is 2.46. The number of alkyl halides is 1. The van der Waals surface area contributed by atoms with E-state index in [0.717, 1.165) is 28.8 Å². The second-order valence-corrected chi connectivity index (χ2v) is 7.36. The normalized spacial score (nSPS) is 16.0. The Morgan fingerprint density at radius 1 is 1.09 bits per heavy atom. The maximum absolute atomic E-state index is 6.10. The minimum atomic E-state index is 0.154. The summed E-state index contributed by atoms with van der Waals surface area (Å²) in [6.45, 7) is 0. The van der Waals surface area contributed by atoms with E-state index in [4.69, 9.17) is 21.1 Å². The Morgan fingerprint density at radius 2 is 1.68 bits per heavy atom. The molecule has 0 N–H and O–H groups in total. The Hall–Kier alpha value is 0.329. The molecule has 1 aromatic carbocycles. The molecule has 0 amide bonds. The quantitative estimate of drug-likeness (QED) is 0.323. The predicted octanol–water partition coefficient (Wildman–Crippen LogP) is 4.35. The van der Waals surface area contributed by atoms with Gasteiger partial charge in [-0.3, -0.25) is 0 Å². The van der Waals surface area contributed by atoms with Gasteiger partial charge in [-0.05, 0) is 0 Å². The van der Waals surface area contributed by atoms with E-state index in [1.54, 1.807) is 0 Å². The van der Waals surface area contributed by atoms with Crippen LogP contribution in [-0.2, 0) is 0 Å². The van der Waals surface area contributed by atoms with Crippen LogP contribution in [0.5, 0.6) is 11.5 Å². The van der Waals surface area contributed by atoms with Gasteiger partial charge in [0.1, 0.15) is 0 Å². The molecule has 0 atom stereocenters. The molecule has 0 saturated heterocycles. The molecule has 1 aliphatic rings. The third kappa shape index (κ3) is 8.26. The van der Waals surface area contributed by atoms with Crippen molar-refractivity contribution in [3.05, 3.63) is 18.2 Å². The Balaban J connectivity index is 0.000000745. The van der Waals surface area contributed by atoms with Gasteiger partial charge < -0.3 is 0 Å². The summed E-state index contributed by atoms with van der Waals surface area (Å²) in [7, 11) is 0. The third-order valence-corrected chi connectivity index (χ3v) is 4.30. The van der Waals surface area contributed by atoms with Crippen LogP contribution in [0.15, 0.2) is 18.2 Å². The molecule has 6 heteroatoms. The first-order chi connectivity index (χ1) is 10.7. The standard InChI is InChI=1S/C15H20ClO2Se.CH4S2/c16-11-17-14-10-13(8-9-15(14)19)18-12-6-4-2-1-3-5-7-12;2-1-3/h8-10,12H,1-7,11H2;2-3H,1H2. The Labute approximate surface area is 158 Å². The van der Waals surface area contributed by atoms with Crippen LogP contribution in [0.4, 0.5) is 0 Å². The monoisotopic (exact) mass is 427 g/mol. The SMILES string of the molecule is ClCOc1cc(OC2CCCCCCC2)ccc1[Se].SCS. The molecule has 0 unspecified atom stereocenters. The van der Waals surface area contributed by atoms with E-state index in [2.05, 4.69) is 41.3 Å². The predicted molar refractivity (Wildman–Crippen MR) is 103 cm³/mol. The Morgan fingerprint density at radius 3 is 2.27 bits per heavy atom. The summed E-state index contributed by atoms with van der Waals surface area (Å²) >= 11 is 15.9. The van der Waals surface area contributed by atoms with Gasteiger partial charge in [-0.2, -0.15) is 25.3 Å². The van der Waals surface area contributed by atoms with Crippen LogP contribution < -0.4 is 13.9 Å². The molecule has 1 radical (unpaired) electrons.